The summed E-state index contributed by atoms with van der Waals surface area (Å²) in [5.74, 6) is 5.99. The first kappa shape index (κ1) is 15.5. The molecule has 1 atom stereocenters. The van der Waals surface area contributed by atoms with Crippen LogP contribution in [-0.4, -0.2) is 23.5 Å². The van der Waals surface area contributed by atoms with Crippen LogP contribution in [0.5, 0.6) is 0 Å². The Morgan fingerprint density at radius 3 is 2.40 bits per heavy atom. The van der Waals surface area contributed by atoms with E-state index in [1.54, 1.807) is 0 Å². The Bertz CT molecular complexity index is 420. The van der Waals surface area contributed by atoms with Crippen LogP contribution in [0.4, 0.5) is 0 Å². The van der Waals surface area contributed by atoms with Gasteiger partial charge in [-0.1, -0.05) is 56.5 Å². The van der Waals surface area contributed by atoms with E-state index in [0.29, 0.717) is 0 Å². The maximum atomic E-state index is 5.99. The molecule has 1 aromatic rings. The van der Waals surface area contributed by atoms with Crippen LogP contribution < -0.4 is 11.3 Å². The lowest BCUT2D eigenvalue weighted by atomic mass is 9.81. The van der Waals surface area contributed by atoms with Crippen molar-refractivity contribution in [3.8, 4) is 0 Å². The third kappa shape index (κ3) is 2.76. The SMILES string of the molecule is CCN(CC)C1(C(NN)c2cccc(C)c2)CCCC1. The second-order valence-corrected chi connectivity index (χ2v) is 6.00. The van der Waals surface area contributed by atoms with Crippen molar-refractivity contribution in [3.63, 3.8) is 0 Å². The number of benzene rings is 1. The molecule has 0 bridgehead atoms. The standard InChI is InChI=1S/C17H29N3/c1-4-20(5-2)17(11-6-7-12-17)16(19-18)15-10-8-9-14(3)13-15/h8-10,13,16,19H,4-7,11-12,18H2,1-3H3. The molecule has 20 heavy (non-hydrogen) atoms. The van der Waals surface area contributed by atoms with E-state index in [0.717, 1.165) is 13.1 Å². The summed E-state index contributed by atoms with van der Waals surface area (Å²) in [7, 11) is 0. The van der Waals surface area contributed by atoms with Gasteiger partial charge in [0.15, 0.2) is 0 Å². The van der Waals surface area contributed by atoms with Gasteiger partial charge in [0.25, 0.3) is 0 Å². The molecule has 3 heteroatoms. The molecule has 3 N–H and O–H groups in total. The summed E-state index contributed by atoms with van der Waals surface area (Å²) >= 11 is 0. The van der Waals surface area contributed by atoms with Gasteiger partial charge in [0, 0.05) is 5.54 Å². The van der Waals surface area contributed by atoms with E-state index in [2.05, 4.69) is 55.4 Å². The molecule has 1 fully saturated rings. The normalized spacial score (nSPS) is 19.4. The van der Waals surface area contributed by atoms with Gasteiger partial charge in [-0.05, 0) is 38.4 Å². The zero-order valence-corrected chi connectivity index (χ0v) is 13.2. The van der Waals surface area contributed by atoms with Crippen molar-refractivity contribution in [1.29, 1.82) is 0 Å². The first-order valence-electron chi connectivity index (χ1n) is 7.95. The second-order valence-electron chi connectivity index (χ2n) is 6.00. The third-order valence-electron chi connectivity index (χ3n) is 4.94. The van der Waals surface area contributed by atoms with Gasteiger partial charge in [-0.3, -0.25) is 16.2 Å². The van der Waals surface area contributed by atoms with Gasteiger partial charge < -0.3 is 0 Å². The summed E-state index contributed by atoms with van der Waals surface area (Å²) in [6.07, 6.45) is 5.08. The highest BCUT2D eigenvalue weighted by Gasteiger charge is 2.45. The topological polar surface area (TPSA) is 41.3 Å². The average Bonchev–Trinajstić information content (AvgIpc) is 2.91. The quantitative estimate of drug-likeness (QED) is 0.619. The zero-order chi connectivity index (χ0) is 14.6. The Morgan fingerprint density at radius 2 is 1.90 bits per heavy atom. The van der Waals surface area contributed by atoms with Gasteiger partial charge in [0.2, 0.25) is 0 Å². The zero-order valence-electron chi connectivity index (χ0n) is 13.2. The molecule has 112 valence electrons. The first-order valence-corrected chi connectivity index (χ1v) is 7.95. The predicted octanol–water partition coefficient (Wildman–Crippen LogP) is 3.15. The van der Waals surface area contributed by atoms with E-state index in [1.165, 1.54) is 36.8 Å². The molecule has 1 aliphatic carbocycles. The molecule has 0 aromatic heterocycles. The Morgan fingerprint density at radius 1 is 1.25 bits per heavy atom. The maximum absolute atomic E-state index is 5.99. The highest BCUT2D eigenvalue weighted by Crippen LogP contribution is 2.44. The second kappa shape index (κ2) is 6.70. The number of hydrazine groups is 1. The van der Waals surface area contributed by atoms with Crippen LogP contribution in [0, 0.1) is 6.92 Å². The van der Waals surface area contributed by atoms with Crippen molar-refractivity contribution in [2.45, 2.75) is 58.0 Å². The van der Waals surface area contributed by atoms with Crippen LogP contribution in [0.15, 0.2) is 24.3 Å². The van der Waals surface area contributed by atoms with Gasteiger partial charge in [-0.25, -0.2) is 0 Å². The van der Waals surface area contributed by atoms with E-state index in [1.807, 2.05) is 0 Å². The van der Waals surface area contributed by atoms with E-state index in [4.69, 9.17) is 5.84 Å². The summed E-state index contributed by atoms with van der Waals surface area (Å²) in [5.41, 5.74) is 5.93. The van der Waals surface area contributed by atoms with Crippen LogP contribution in [0.25, 0.3) is 0 Å². The highest BCUT2D eigenvalue weighted by molar-refractivity contribution is 5.28. The van der Waals surface area contributed by atoms with Gasteiger partial charge in [-0.15, -0.1) is 0 Å². The van der Waals surface area contributed by atoms with Crippen molar-refractivity contribution < 1.29 is 0 Å². The molecule has 0 heterocycles. The van der Waals surface area contributed by atoms with E-state index >= 15 is 0 Å². The van der Waals surface area contributed by atoms with Crippen molar-refractivity contribution in [1.82, 2.24) is 10.3 Å². The van der Waals surface area contributed by atoms with Gasteiger partial charge in [0.05, 0.1) is 6.04 Å². The monoisotopic (exact) mass is 275 g/mol. The van der Waals surface area contributed by atoms with Crippen LogP contribution in [0.3, 0.4) is 0 Å². The third-order valence-corrected chi connectivity index (χ3v) is 4.94. The molecular formula is C17H29N3. The number of rotatable bonds is 6. The van der Waals surface area contributed by atoms with Crippen LogP contribution in [0.2, 0.25) is 0 Å². The summed E-state index contributed by atoms with van der Waals surface area (Å²) in [6, 6.07) is 8.98. The Hall–Kier alpha value is -0.900. The summed E-state index contributed by atoms with van der Waals surface area (Å²) in [4.78, 5) is 2.60. The largest absolute Gasteiger partial charge is 0.296 e. The van der Waals surface area contributed by atoms with Crippen molar-refractivity contribution in [2.24, 2.45) is 5.84 Å². The van der Waals surface area contributed by atoms with Gasteiger partial charge in [0.1, 0.15) is 0 Å². The fourth-order valence-electron chi connectivity index (χ4n) is 4.04. The molecule has 2 rings (SSSR count). The molecule has 1 aromatic carbocycles. The summed E-state index contributed by atoms with van der Waals surface area (Å²) in [5, 5.41) is 0. The van der Waals surface area contributed by atoms with E-state index in [-0.39, 0.29) is 11.6 Å². The maximum Gasteiger partial charge on any atom is 0.0644 e. The number of nitrogens with zero attached hydrogens (tertiary/aromatic N) is 1. The molecule has 1 aliphatic rings. The van der Waals surface area contributed by atoms with Gasteiger partial charge >= 0.3 is 0 Å². The highest BCUT2D eigenvalue weighted by atomic mass is 15.3. The molecule has 1 unspecified atom stereocenters. The molecule has 0 aliphatic heterocycles. The number of hydrogen-bond donors (Lipinski definition) is 2. The minimum Gasteiger partial charge on any atom is -0.296 e. The predicted molar refractivity (Wildman–Crippen MR) is 85.4 cm³/mol. The molecular weight excluding hydrogens is 246 g/mol. The Kier molecular flexibility index (Phi) is 5.19. The summed E-state index contributed by atoms with van der Waals surface area (Å²) in [6.45, 7) is 8.83. The van der Waals surface area contributed by atoms with Gasteiger partial charge in [-0.2, -0.15) is 0 Å². The summed E-state index contributed by atoms with van der Waals surface area (Å²) < 4.78 is 0. The van der Waals surface area contributed by atoms with Crippen LogP contribution in [-0.2, 0) is 0 Å². The van der Waals surface area contributed by atoms with Crippen LogP contribution >= 0.6 is 0 Å². The Balaban J connectivity index is 2.40. The molecule has 0 radical (unpaired) electrons. The van der Waals surface area contributed by atoms with E-state index in [9.17, 15) is 0 Å². The fourth-order valence-corrected chi connectivity index (χ4v) is 4.04. The first-order chi connectivity index (χ1) is 9.67. The number of nitrogens with one attached hydrogen (secondary N) is 1. The smallest absolute Gasteiger partial charge is 0.0644 e. The van der Waals surface area contributed by atoms with Crippen LogP contribution in [0.1, 0.15) is 56.7 Å². The Labute approximate surface area is 123 Å². The fraction of sp³-hybridized carbons (Fsp3) is 0.647. The number of aryl methyl sites for hydroxylation is 1. The molecule has 0 saturated heterocycles. The minimum absolute atomic E-state index is 0.173. The minimum atomic E-state index is 0.173. The number of likely N-dealkylation sites (N-methyl/N-ethyl adjacent to an activating group) is 1. The van der Waals surface area contributed by atoms with Crippen molar-refractivity contribution in [2.75, 3.05) is 13.1 Å². The van der Waals surface area contributed by atoms with Crippen molar-refractivity contribution >= 4 is 0 Å². The molecule has 0 spiro atoms. The van der Waals surface area contributed by atoms with Crippen molar-refractivity contribution in [3.05, 3.63) is 35.4 Å². The number of hydrogen-bond acceptors (Lipinski definition) is 3. The molecule has 0 amide bonds. The van der Waals surface area contributed by atoms with E-state index < -0.39 is 0 Å². The lowest BCUT2D eigenvalue weighted by Crippen LogP contribution is -2.56. The molecule has 3 nitrogen and oxygen atoms in total. The average molecular weight is 275 g/mol. The lowest BCUT2D eigenvalue weighted by Gasteiger charge is -2.46. The number of nitrogens with two attached hydrogens (primary N) is 1. The molecule has 1 saturated carbocycles. The lowest BCUT2D eigenvalue weighted by molar-refractivity contribution is 0.0626.